The lowest BCUT2D eigenvalue weighted by atomic mass is 10.1. The zero-order valence-electron chi connectivity index (χ0n) is 13.5. The van der Waals surface area contributed by atoms with Gasteiger partial charge in [-0.2, -0.15) is 8.42 Å². The van der Waals surface area contributed by atoms with Gasteiger partial charge in [0.2, 0.25) is 5.84 Å². The highest BCUT2D eigenvalue weighted by molar-refractivity contribution is 7.90. The average molecular weight is 359 g/mol. The van der Waals surface area contributed by atoms with Gasteiger partial charge in [-0.05, 0) is 36.2 Å². The second-order valence-electron chi connectivity index (χ2n) is 5.39. The van der Waals surface area contributed by atoms with Crippen LogP contribution >= 0.6 is 0 Å². The maximum atomic E-state index is 12.2. The van der Waals surface area contributed by atoms with Gasteiger partial charge in [0.25, 0.3) is 15.9 Å². The minimum Gasteiger partial charge on any atom is -0.497 e. The van der Waals surface area contributed by atoms with Crippen LogP contribution in [0, 0.1) is 0 Å². The lowest BCUT2D eigenvalue weighted by Crippen LogP contribution is -2.39. The molecule has 130 valence electrons. The normalized spacial score (nSPS) is 14.7. The van der Waals surface area contributed by atoms with Gasteiger partial charge in [0.1, 0.15) is 10.6 Å². The van der Waals surface area contributed by atoms with Gasteiger partial charge in [-0.1, -0.05) is 24.3 Å². The first-order valence-electron chi connectivity index (χ1n) is 7.62. The molecule has 0 saturated carbocycles. The van der Waals surface area contributed by atoms with Gasteiger partial charge in [0.05, 0.1) is 12.8 Å². The molecule has 0 spiro atoms. The van der Waals surface area contributed by atoms with Crippen LogP contribution < -0.4 is 15.4 Å². The summed E-state index contributed by atoms with van der Waals surface area (Å²) < 4.78 is 33.0. The van der Waals surface area contributed by atoms with Crippen molar-refractivity contribution in [2.45, 2.75) is 11.3 Å². The largest absolute Gasteiger partial charge is 0.497 e. The Labute approximate surface area is 145 Å². The van der Waals surface area contributed by atoms with Gasteiger partial charge in [0, 0.05) is 6.54 Å². The number of rotatable bonds is 5. The quantitative estimate of drug-likeness (QED) is 0.845. The van der Waals surface area contributed by atoms with Crippen LogP contribution in [0.1, 0.15) is 5.56 Å². The van der Waals surface area contributed by atoms with Gasteiger partial charge in [-0.15, -0.1) is 4.40 Å². The molecule has 0 saturated heterocycles. The summed E-state index contributed by atoms with van der Waals surface area (Å²) in [5.41, 5.74) is 1.34. The Morgan fingerprint density at radius 1 is 1.20 bits per heavy atom. The van der Waals surface area contributed by atoms with Crippen LogP contribution in [0.25, 0.3) is 0 Å². The third-order valence-corrected chi connectivity index (χ3v) is 5.01. The number of hydrogen-bond donors (Lipinski definition) is 2. The minimum absolute atomic E-state index is 0.0583. The number of nitrogens with zero attached hydrogens (tertiary/aromatic N) is 1. The Morgan fingerprint density at radius 3 is 2.80 bits per heavy atom. The maximum absolute atomic E-state index is 12.2. The van der Waals surface area contributed by atoms with Gasteiger partial charge in [-0.25, -0.2) is 0 Å². The average Bonchev–Trinajstić information content (AvgIpc) is 2.61. The zero-order valence-corrected chi connectivity index (χ0v) is 14.3. The molecule has 0 bridgehead atoms. The number of ether oxygens (including phenoxy) is 1. The molecular weight excluding hydrogens is 342 g/mol. The van der Waals surface area contributed by atoms with Gasteiger partial charge in [0.15, 0.2) is 0 Å². The first-order chi connectivity index (χ1) is 12.0. The number of benzene rings is 2. The number of amides is 1. The van der Waals surface area contributed by atoms with Crippen molar-refractivity contribution >= 4 is 27.5 Å². The molecule has 2 aromatic carbocycles. The van der Waals surface area contributed by atoms with E-state index < -0.39 is 15.9 Å². The third-order valence-electron chi connectivity index (χ3n) is 3.68. The number of methoxy groups -OCH3 is 1. The second-order valence-corrected chi connectivity index (χ2v) is 6.97. The number of fused-ring (bicyclic) bond motifs is 1. The Balaban J connectivity index is 1.65. The molecule has 0 unspecified atom stereocenters. The first-order valence-corrected chi connectivity index (χ1v) is 9.06. The molecule has 0 atom stereocenters. The van der Waals surface area contributed by atoms with E-state index in [4.69, 9.17) is 4.74 Å². The molecule has 0 fully saturated rings. The van der Waals surface area contributed by atoms with E-state index in [9.17, 15) is 13.2 Å². The van der Waals surface area contributed by atoms with Crippen molar-refractivity contribution < 1.29 is 17.9 Å². The van der Waals surface area contributed by atoms with Gasteiger partial charge in [-0.3, -0.25) is 4.79 Å². The van der Waals surface area contributed by atoms with Crippen LogP contribution in [-0.4, -0.2) is 33.8 Å². The van der Waals surface area contributed by atoms with Crippen LogP contribution in [0.4, 0.5) is 5.69 Å². The topological polar surface area (TPSA) is 96.9 Å². The van der Waals surface area contributed by atoms with Crippen LogP contribution in [0.2, 0.25) is 0 Å². The number of amidine groups is 1. The van der Waals surface area contributed by atoms with Crippen molar-refractivity contribution in [1.29, 1.82) is 0 Å². The summed E-state index contributed by atoms with van der Waals surface area (Å²) in [6, 6.07) is 13.8. The van der Waals surface area contributed by atoms with E-state index in [0.29, 0.717) is 18.7 Å². The molecule has 2 aromatic rings. The van der Waals surface area contributed by atoms with Crippen LogP contribution in [0.5, 0.6) is 5.75 Å². The molecule has 1 aliphatic rings. The monoisotopic (exact) mass is 359 g/mol. The fourth-order valence-corrected chi connectivity index (χ4v) is 3.56. The summed E-state index contributed by atoms with van der Waals surface area (Å²) >= 11 is 0. The number of carbonyl (C=O) groups is 1. The number of carbonyl (C=O) groups excluding carboxylic acids is 1. The molecule has 25 heavy (non-hydrogen) atoms. The first kappa shape index (κ1) is 17.0. The summed E-state index contributed by atoms with van der Waals surface area (Å²) in [7, 11) is -2.29. The van der Waals surface area contributed by atoms with Crippen molar-refractivity contribution in [2.75, 3.05) is 19.0 Å². The van der Waals surface area contributed by atoms with Gasteiger partial charge >= 0.3 is 0 Å². The molecule has 1 amide bonds. The molecule has 0 radical (unpaired) electrons. The molecular formula is C17H17N3O4S. The van der Waals surface area contributed by atoms with Crippen LogP contribution in [0.15, 0.2) is 57.8 Å². The van der Waals surface area contributed by atoms with Crippen molar-refractivity contribution in [1.82, 2.24) is 5.32 Å². The smallest absolute Gasteiger partial charge is 0.287 e. The molecule has 0 aliphatic carbocycles. The lowest BCUT2D eigenvalue weighted by molar-refractivity contribution is -0.114. The van der Waals surface area contributed by atoms with E-state index >= 15 is 0 Å². The molecule has 7 nitrogen and oxygen atoms in total. The Hall–Kier alpha value is -2.87. The summed E-state index contributed by atoms with van der Waals surface area (Å²) in [4.78, 5) is 12.3. The summed E-state index contributed by atoms with van der Waals surface area (Å²) in [6.07, 6.45) is 0.583. The predicted octanol–water partition coefficient (Wildman–Crippen LogP) is 1.57. The van der Waals surface area contributed by atoms with E-state index in [2.05, 4.69) is 15.0 Å². The lowest BCUT2D eigenvalue weighted by Gasteiger charge is -2.17. The third kappa shape index (κ3) is 3.80. The summed E-state index contributed by atoms with van der Waals surface area (Å²) in [5, 5.41) is 5.43. The Morgan fingerprint density at radius 2 is 2.00 bits per heavy atom. The van der Waals surface area contributed by atoms with E-state index in [1.807, 2.05) is 24.3 Å². The van der Waals surface area contributed by atoms with Crippen LogP contribution in [-0.2, 0) is 21.2 Å². The second kappa shape index (κ2) is 6.94. The van der Waals surface area contributed by atoms with Gasteiger partial charge < -0.3 is 15.4 Å². The van der Waals surface area contributed by atoms with E-state index in [-0.39, 0.29) is 10.7 Å². The summed E-state index contributed by atoms with van der Waals surface area (Å²) in [5.74, 6) is -0.0600. The fraction of sp³-hybridized carbons (Fsp3) is 0.176. The minimum atomic E-state index is -3.87. The van der Waals surface area contributed by atoms with Crippen molar-refractivity contribution in [3.8, 4) is 5.75 Å². The number of nitrogens with one attached hydrogen (secondary N) is 2. The standard InChI is InChI=1S/C17H17N3O4S/c1-24-13-6-4-5-12(11-13)9-10-18-17(21)16-19-14-7-2-3-8-15(14)25(22,23)20-16/h2-8,11H,9-10H2,1H3,(H,18,21)(H,19,20). The SMILES string of the molecule is COc1cccc(CCNC(=O)C2=NS(=O)(=O)c3ccccc3N2)c1. The predicted molar refractivity (Wildman–Crippen MR) is 94.4 cm³/mol. The highest BCUT2D eigenvalue weighted by Crippen LogP contribution is 2.26. The highest BCUT2D eigenvalue weighted by Gasteiger charge is 2.27. The fourth-order valence-electron chi connectivity index (χ4n) is 2.44. The van der Waals surface area contributed by atoms with Crippen molar-refractivity contribution in [3.63, 3.8) is 0 Å². The van der Waals surface area contributed by atoms with Crippen molar-refractivity contribution in [2.24, 2.45) is 4.40 Å². The molecule has 8 heteroatoms. The van der Waals surface area contributed by atoms with E-state index in [1.54, 1.807) is 25.3 Å². The number of sulfonamides is 1. The molecule has 0 aromatic heterocycles. The summed E-state index contributed by atoms with van der Waals surface area (Å²) in [6.45, 7) is 0.342. The zero-order chi connectivity index (χ0) is 17.9. The number of anilines is 1. The van der Waals surface area contributed by atoms with Crippen LogP contribution in [0.3, 0.4) is 0 Å². The maximum Gasteiger partial charge on any atom is 0.287 e. The Bertz CT molecular complexity index is 938. The molecule has 2 N–H and O–H groups in total. The molecule has 1 aliphatic heterocycles. The number of hydrogen-bond acceptors (Lipinski definition) is 5. The Kier molecular flexibility index (Phi) is 4.71. The van der Waals surface area contributed by atoms with E-state index in [0.717, 1.165) is 11.3 Å². The highest BCUT2D eigenvalue weighted by atomic mass is 32.2. The van der Waals surface area contributed by atoms with E-state index in [1.165, 1.54) is 6.07 Å². The number of para-hydroxylation sites is 1. The molecule has 1 heterocycles. The van der Waals surface area contributed by atoms with Crippen molar-refractivity contribution in [3.05, 3.63) is 54.1 Å². The molecule has 3 rings (SSSR count).